The Labute approximate surface area is 204 Å². The van der Waals surface area contributed by atoms with E-state index in [9.17, 15) is 15.0 Å². The number of hydrogen-bond acceptors (Lipinski definition) is 8. The van der Waals surface area contributed by atoms with Gasteiger partial charge in [-0.05, 0) is 11.6 Å². The monoisotopic (exact) mass is 480 g/mol. The molecule has 2 N–H and O–H groups in total. The minimum absolute atomic E-state index is 0.0435. The number of nitrogens with zero attached hydrogens (tertiary/aromatic N) is 4. The summed E-state index contributed by atoms with van der Waals surface area (Å²) in [5.74, 6) is 0.512. The Morgan fingerprint density at radius 3 is 2.60 bits per heavy atom. The van der Waals surface area contributed by atoms with Crippen molar-refractivity contribution in [3.8, 4) is 17.1 Å². The Hall–Kier alpha value is -3.14. The van der Waals surface area contributed by atoms with Crippen LogP contribution in [-0.2, 0) is 14.9 Å². The molecule has 1 aliphatic heterocycles. The Balaban J connectivity index is 1.59. The molecule has 1 aliphatic rings. The molecule has 0 spiro atoms. The summed E-state index contributed by atoms with van der Waals surface area (Å²) in [6.07, 6.45) is 3.04. The summed E-state index contributed by atoms with van der Waals surface area (Å²) in [4.78, 5) is 27.2. The van der Waals surface area contributed by atoms with Gasteiger partial charge in [0.05, 0.1) is 37.1 Å². The van der Waals surface area contributed by atoms with Crippen LogP contribution in [-0.4, -0.2) is 81.6 Å². The third kappa shape index (κ3) is 5.42. The first kappa shape index (κ1) is 25.0. The number of aliphatic hydroxyl groups excluding tert-OH is 2. The number of rotatable bonds is 7. The van der Waals surface area contributed by atoms with Crippen LogP contribution < -0.4 is 4.74 Å². The zero-order valence-electron chi connectivity index (χ0n) is 20.3. The zero-order valence-corrected chi connectivity index (χ0v) is 20.3. The van der Waals surface area contributed by atoms with Crippen LogP contribution >= 0.6 is 0 Å². The summed E-state index contributed by atoms with van der Waals surface area (Å²) < 4.78 is 12.1. The first-order valence-corrected chi connectivity index (χ1v) is 11.8. The second-order valence-corrected chi connectivity index (χ2v) is 9.35. The van der Waals surface area contributed by atoms with Crippen LogP contribution in [0, 0.1) is 5.92 Å². The van der Waals surface area contributed by atoms with E-state index >= 15 is 0 Å². The normalized spacial score (nSPS) is 18.9. The standard InChI is InChI=1S/C26H32N4O5/c1-17-13-30(18(2)33)10-11-34-23(17)14-35-25-24-22(27-8-9-28-24)12-21(29-25)19-4-6-20(7-5-19)26(3,15-31)16-32/h4-9,12,17,23,31-32H,10-11,13-16H2,1-3H3. The fourth-order valence-corrected chi connectivity index (χ4v) is 4.16. The van der Waals surface area contributed by atoms with Gasteiger partial charge >= 0.3 is 0 Å². The summed E-state index contributed by atoms with van der Waals surface area (Å²) in [5, 5.41) is 19.4. The fraction of sp³-hybridized carbons (Fsp3) is 0.462. The van der Waals surface area contributed by atoms with Gasteiger partial charge in [0, 0.05) is 49.3 Å². The third-order valence-electron chi connectivity index (χ3n) is 6.67. The van der Waals surface area contributed by atoms with Gasteiger partial charge in [-0.25, -0.2) is 9.97 Å². The highest BCUT2D eigenvalue weighted by molar-refractivity contribution is 5.83. The Bertz CT molecular complexity index is 1170. The maximum atomic E-state index is 11.8. The minimum atomic E-state index is -0.720. The van der Waals surface area contributed by atoms with Crippen molar-refractivity contribution in [3.63, 3.8) is 0 Å². The largest absolute Gasteiger partial charge is 0.473 e. The van der Waals surface area contributed by atoms with E-state index in [1.807, 2.05) is 44.2 Å². The lowest BCUT2D eigenvalue weighted by Crippen LogP contribution is -2.36. The fourth-order valence-electron chi connectivity index (χ4n) is 4.16. The van der Waals surface area contributed by atoms with E-state index in [0.717, 1.165) is 11.1 Å². The number of ether oxygens (including phenoxy) is 2. The number of aromatic nitrogens is 3. The maximum absolute atomic E-state index is 11.8. The van der Waals surface area contributed by atoms with Crippen LogP contribution in [0.25, 0.3) is 22.3 Å². The number of hydrogen-bond donors (Lipinski definition) is 2. The topological polar surface area (TPSA) is 118 Å². The van der Waals surface area contributed by atoms with Crippen LogP contribution in [0.2, 0.25) is 0 Å². The number of pyridine rings is 1. The highest BCUT2D eigenvalue weighted by atomic mass is 16.5. The summed E-state index contributed by atoms with van der Waals surface area (Å²) in [6.45, 7) is 7.04. The highest BCUT2D eigenvalue weighted by Gasteiger charge is 2.27. The molecule has 9 nitrogen and oxygen atoms in total. The molecule has 3 heterocycles. The molecule has 2 atom stereocenters. The van der Waals surface area contributed by atoms with E-state index in [2.05, 4.69) is 9.97 Å². The molecule has 35 heavy (non-hydrogen) atoms. The predicted molar refractivity (Wildman–Crippen MR) is 131 cm³/mol. The smallest absolute Gasteiger partial charge is 0.242 e. The lowest BCUT2D eigenvalue weighted by Gasteiger charge is -2.25. The van der Waals surface area contributed by atoms with Gasteiger partial charge in [-0.3, -0.25) is 9.78 Å². The zero-order chi connectivity index (χ0) is 25.0. The average molecular weight is 481 g/mol. The van der Waals surface area contributed by atoms with Crippen molar-refractivity contribution in [1.82, 2.24) is 19.9 Å². The number of benzene rings is 1. The van der Waals surface area contributed by atoms with Crippen molar-refractivity contribution >= 4 is 16.9 Å². The molecule has 0 saturated carbocycles. The molecule has 2 aromatic heterocycles. The Morgan fingerprint density at radius 2 is 1.91 bits per heavy atom. The molecule has 1 aromatic carbocycles. The number of carbonyl (C=O) groups is 1. The van der Waals surface area contributed by atoms with Gasteiger partial charge in [-0.15, -0.1) is 0 Å². The molecule has 186 valence electrons. The molecular formula is C26H32N4O5. The molecule has 0 bridgehead atoms. The molecule has 4 rings (SSSR count). The molecule has 0 aliphatic carbocycles. The molecule has 3 aromatic rings. The van der Waals surface area contributed by atoms with Crippen LogP contribution in [0.4, 0.5) is 0 Å². The molecule has 1 saturated heterocycles. The molecular weight excluding hydrogens is 448 g/mol. The van der Waals surface area contributed by atoms with E-state index in [-0.39, 0.29) is 37.7 Å². The van der Waals surface area contributed by atoms with Gasteiger partial charge < -0.3 is 24.6 Å². The quantitative estimate of drug-likeness (QED) is 0.529. The van der Waals surface area contributed by atoms with Crippen molar-refractivity contribution in [3.05, 3.63) is 48.3 Å². The van der Waals surface area contributed by atoms with E-state index in [0.29, 0.717) is 42.3 Å². The van der Waals surface area contributed by atoms with Gasteiger partial charge in [0.1, 0.15) is 6.61 Å². The molecule has 2 unspecified atom stereocenters. The second-order valence-electron chi connectivity index (χ2n) is 9.35. The summed E-state index contributed by atoms with van der Waals surface area (Å²) in [6, 6.07) is 9.43. The summed E-state index contributed by atoms with van der Waals surface area (Å²) in [5.41, 5.74) is 2.86. The molecule has 1 fully saturated rings. The van der Waals surface area contributed by atoms with E-state index in [4.69, 9.17) is 14.5 Å². The number of amides is 1. The maximum Gasteiger partial charge on any atom is 0.242 e. The second kappa shape index (κ2) is 10.6. The van der Waals surface area contributed by atoms with Gasteiger partial charge in [0.2, 0.25) is 11.8 Å². The first-order valence-electron chi connectivity index (χ1n) is 11.8. The SMILES string of the molecule is CC(=O)N1CCOC(COc2nc(-c3ccc(C(C)(CO)CO)cc3)cc3nccnc23)C(C)C1. The van der Waals surface area contributed by atoms with Gasteiger partial charge in [-0.2, -0.15) is 0 Å². The Morgan fingerprint density at radius 1 is 1.20 bits per heavy atom. The lowest BCUT2D eigenvalue weighted by molar-refractivity contribution is -0.129. The van der Waals surface area contributed by atoms with Crippen molar-refractivity contribution < 1.29 is 24.5 Å². The predicted octanol–water partition coefficient (Wildman–Crippen LogP) is 2.20. The van der Waals surface area contributed by atoms with Gasteiger partial charge in [0.25, 0.3) is 0 Å². The van der Waals surface area contributed by atoms with Crippen LogP contribution in [0.5, 0.6) is 5.88 Å². The van der Waals surface area contributed by atoms with E-state index < -0.39 is 5.41 Å². The number of aliphatic hydroxyl groups is 2. The van der Waals surface area contributed by atoms with Crippen LogP contribution in [0.15, 0.2) is 42.7 Å². The van der Waals surface area contributed by atoms with Crippen molar-refractivity contribution in [2.24, 2.45) is 5.92 Å². The summed E-state index contributed by atoms with van der Waals surface area (Å²) >= 11 is 0. The number of fused-ring (bicyclic) bond motifs is 1. The van der Waals surface area contributed by atoms with Crippen LogP contribution in [0.3, 0.4) is 0 Å². The van der Waals surface area contributed by atoms with E-state index in [1.165, 1.54) is 0 Å². The lowest BCUT2D eigenvalue weighted by atomic mass is 9.84. The Kier molecular flexibility index (Phi) is 7.59. The van der Waals surface area contributed by atoms with Crippen molar-refractivity contribution in [1.29, 1.82) is 0 Å². The minimum Gasteiger partial charge on any atom is -0.473 e. The van der Waals surface area contributed by atoms with Crippen molar-refractivity contribution in [2.45, 2.75) is 32.3 Å². The van der Waals surface area contributed by atoms with Crippen molar-refractivity contribution in [2.75, 3.05) is 39.5 Å². The molecule has 0 radical (unpaired) electrons. The molecule has 1 amide bonds. The average Bonchev–Trinajstić information content (AvgIpc) is 3.08. The van der Waals surface area contributed by atoms with Crippen LogP contribution in [0.1, 0.15) is 26.3 Å². The first-order chi connectivity index (χ1) is 16.8. The summed E-state index contributed by atoms with van der Waals surface area (Å²) in [7, 11) is 0. The van der Waals surface area contributed by atoms with Gasteiger partial charge in [0.15, 0.2) is 5.52 Å². The highest BCUT2D eigenvalue weighted by Crippen LogP contribution is 2.30. The van der Waals surface area contributed by atoms with E-state index in [1.54, 1.807) is 24.2 Å². The number of carbonyl (C=O) groups excluding carboxylic acids is 1. The third-order valence-corrected chi connectivity index (χ3v) is 6.67. The van der Waals surface area contributed by atoms with Gasteiger partial charge in [-0.1, -0.05) is 38.1 Å². The molecule has 9 heteroatoms.